The van der Waals surface area contributed by atoms with Gasteiger partial charge in [0.25, 0.3) is 0 Å². The van der Waals surface area contributed by atoms with Crippen molar-refractivity contribution in [3.8, 4) is 0 Å². The summed E-state index contributed by atoms with van der Waals surface area (Å²) in [4.78, 5) is 4.83. The molecule has 108 valence electrons. The van der Waals surface area contributed by atoms with Crippen LogP contribution in [-0.4, -0.2) is 49.1 Å². The Balaban J connectivity index is 2.06. The fraction of sp³-hybridized carbons (Fsp3) is 0.412. The fourth-order valence-corrected chi connectivity index (χ4v) is 3.16. The van der Waals surface area contributed by atoms with Crippen molar-refractivity contribution in [3.63, 3.8) is 0 Å². The summed E-state index contributed by atoms with van der Waals surface area (Å²) in [7, 11) is 2.16. The highest BCUT2D eigenvalue weighted by molar-refractivity contribution is 9.10. The molecule has 2 rings (SSSR count). The molecule has 0 spiro atoms. The van der Waals surface area contributed by atoms with Gasteiger partial charge in [-0.15, -0.1) is 13.2 Å². The molecule has 2 nitrogen and oxygen atoms in total. The highest BCUT2D eigenvalue weighted by Crippen LogP contribution is 2.35. The van der Waals surface area contributed by atoms with E-state index in [0.717, 1.165) is 30.7 Å². The van der Waals surface area contributed by atoms with Crippen molar-refractivity contribution in [2.45, 2.75) is 12.0 Å². The Hall–Kier alpha value is -0.900. The molecule has 0 N–H and O–H groups in total. The molecule has 1 aromatic rings. The Morgan fingerprint density at radius 2 is 2.00 bits per heavy atom. The van der Waals surface area contributed by atoms with Gasteiger partial charge in [0, 0.05) is 42.6 Å². The van der Waals surface area contributed by atoms with E-state index in [2.05, 4.69) is 70.2 Å². The van der Waals surface area contributed by atoms with Crippen LogP contribution < -0.4 is 0 Å². The van der Waals surface area contributed by atoms with Gasteiger partial charge in [0.05, 0.1) is 0 Å². The molecular formula is C17H23BrN2. The molecule has 2 atom stereocenters. The lowest BCUT2D eigenvalue weighted by molar-refractivity contribution is 0.0497. The number of hydrogen-bond donors (Lipinski definition) is 0. The van der Waals surface area contributed by atoms with E-state index in [1.54, 1.807) is 0 Å². The molecule has 0 bridgehead atoms. The van der Waals surface area contributed by atoms with Gasteiger partial charge in [-0.1, -0.05) is 40.2 Å². The summed E-state index contributed by atoms with van der Waals surface area (Å²) in [5.41, 5.74) is 1.44. The third kappa shape index (κ3) is 3.60. The summed E-state index contributed by atoms with van der Waals surface area (Å²) < 4.78 is 1.14. The molecule has 0 amide bonds. The van der Waals surface area contributed by atoms with Crippen LogP contribution in [0.5, 0.6) is 0 Å². The van der Waals surface area contributed by atoms with Crippen LogP contribution in [-0.2, 0) is 0 Å². The lowest BCUT2D eigenvalue weighted by Gasteiger charge is -2.49. The van der Waals surface area contributed by atoms with Crippen LogP contribution in [0.1, 0.15) is 11.5 Å². The summed E-state index contributed by atoms with van der Waals surface area (Å²) in [6.45, 7) is 11.8. The molecule has 1 unspecified atom stereocenters. The summed E-state index contributed by atoms with van der Waals surface area (Å²) in [6, 6.07) is 9.31. The first kappa shape index (κ1) is 15.5. The van der Waals surface area contributed by atoms with Crippen molar-refractivity contribution < 1.29 is 0 Å². The highest BCUT2D eigenvalue weighted by Gasteiger charge is 2.39. The van der Waals surface area contributed by atoms with Gasteiger partial charge in [-0.05, 0) is 24.7 Å². The number of benzene rings is 1. The number of likely N-dealkylation sites (N-methyl/N-ethyl adjacent to an activating group) is 1. The van der Waals surface area contributed by atoms with Gasteiger partial charge < -0.3 is 4.90 Å². The average molecular weight is 335 g/mol. The van der Waals surface area contributed by atoms with E-state index in [9.17, 15) is 0 Å². The van der Waals surface area contributed by atoms with Crippen LogP contribution in [0.3, 0.4) is 0 Å². The van der Waals surface area contributed by atoms with Crippen LogP contribution in [0.2, 0.25) is 0 Å². The largest absolute Gasteiger partial charge is 0.301 e. The second-order valence-corrected chi connectivity index (χ2v) is 6.39. The Bertz CT molecular complexity index is 455. The molecule has 1 aromatic carbocycles. The van der Waals surface area contributed by atoms with Crippen LogP contribution >= 0.6 is 15.9 Å². The number of halogens is 1. The van der Waals surface area contributed by atoms with Gasteiger partial charge in [0.15, 0.2) is 0 Å². The van der Waals surface area contributed by atoms with E-state index in [-0.39, 0.29) is 0 Å². The van der Waals surface area contributed by atoms with Crippen molar-refractivity contribution in [3.05, 3.63) is 59.6 Å². The zero-order valence-electron chi connectivity index (χ0n) is 12.1. The monoisotopic (exact) mass is 334 g/mol. The standard InChI is InChI=1S/C17H23BrN2/c1-4-10-19(3)13-17-16(12-20(17)11-5-2)14-6-8-15(18)9-7-14/h4-9,16-17H,1-2,10-13H2,3H3/t16?,17-/m0/s1. The zero-order valence-corrected chi connectivity index (χ0v) is 13.7. The third-order valence-electron chi connectivity index (χ3n) is 3.97. The zero-order chi connectivity index (χ0) is 14.5. The number of likely N-dealkylation sites (tertiary alicyclic amines) is 1. The maximum Gasteiger partial charge on any atom is 0.0307 e. The molecule has 1 aliphatic rings. The third-order valence-corrected chi connectivity index (χ3v) is 4.49. The minimum atomic E-state index is 0.569. The average Bonchev–Trinajstić information content (AvgIpc) is 2.42. The highest BCUT2D eigenvalue weighted by atomic mass is 79.9. The first-order valence-electron chi connectivity index (χ1n) is 7.05. The summed E-state index contributed by atoms with van der Waals surface area (Å²) >= 11 is 3.50. The summed E-state index contributed by atoms with van der Waals surface area (Å²) in [6.07, 6.45) is 3.96. The Kier molecular flexibility index (Phi) is 5.58. The first-order valence-corrected chi connectivity index (χ1v) is 7.85. The normalized spacial score (nSPS) is 22.6. The van der Waals surface area contributed by atoms with Gasteiger partial charge in [-0.25, -0.2) is 0 Å². The van der Waals surface area contributed by atoms with Crippen LogP contribution in [0, 0.1) is 0 Å². The van der Waals surface area contributed by atoms with Crippen LogP contribution in [0.15, 0.2) is 54.0 Å². The molecule has 0 aliphatic carbocycles. The quantitative estimate of drug-likeness (QED) is 0.704. The second-order valence-electron chi connectivity index (χ2n) is 5.48. The molecule has 0 aromatic heterocycles. The minimum Gasteiger partial charge on any atom is -0.301 e. The first-order chi connectivity index (χ1) is 9.65. The molecule has 0 saturated carbocycles. The van der Waals surface area contributed by atoms with Crippen molar-refractivity contribution in [2.24, 2.45) is 0 Å². The van der Waals surface area contributed by atoms with E-state index >= 15 is 0 Å². The molecule has 3 heteroatoms. The van der Waals surface area contributed by atoms with Gasteiger partial charge in [-0.3, -0.25) is 4.90 Å². The number of rotatable bonds is 7. The minimum absolute atomic E-state index is 0.569. The second kappa shape index (κ2) is 7.21. The lowest BCUT2D eigenvalue weighted by atomic mass is 9.82. The van der Waals surface area contributed by atoms with E-state index < -0.39 is 0 Å². The molecular weight excluding hydrogens is 312 g/mol. The summed E-state index contributed by atoms with van der Waals surface area (Å²) in [5.74, 6) is 0.621. The van der Waals surface area contributed by atoms with E-state index in [4.69, 9.17) is 0 Å². The molecule has 1 saturated heterocycles. The van der Waals surface area contributed by atoms with Gasteiger partial charge >= 0.3 is 0 Å². The lowest BCUT2D eigenvalue weighted by Crippen LogP contribution is -2.58. The SMILES string of the molecule is C=CCN(C)C[C@H]1C(c2ccc(Br)cc2)CN1CC=C. The Morgan fingerprint density at radius 3 is 2.60 bits per heavy atom. The molecule has 0 radical (unpaired) electrons. The topological polar surface area (TPSA) is 6.48 Å². The van der Waals surface area contributed by atoms with Crippen molar-refractivity contribution >= 4 is 15.9 Å². The Morgan fingerprint density at radius 1 is 1.30 bits per heavy atom. The predicted molar refractivity (Wildman–Crippen MR) is 90.1 cm³/mol. The van der Waals surface area contributed by atoms with Crippen molar-refractivity contribution in [1.82, 2.24) is 9.80 Å². The number of hydrogen-bond acceptors (Lipinski definition) is 2. The van der Waals surface area contributed by atoms with Gasteiger partial charge in [0.2, 0.25) is 0 Å². The van der Waals surface area contributed by atoms with E-state index in [0.29, 0.717) is 12.0 Å². The van der Waals surface area contributed by atoms with Crippen LogP contribution in [0.4, 0.5) is 0 Å². The van der Waals surface area contributed by atoms with Gasteiger partial charge in [0.1, 0.15) is 0 Å². The maximum atomic E-state index is 3.86. The maximum absolute atomic E-state index is 3.86. The molecule has 1 aliphatic heterocycles. The molecule has 1 fully saturated rings. The van der Waals surface area contributed by atoms with Gasteiger partial charge in [-0.2, -0.15) is 0 Å². The smallest absolute Gasteiger partial charge is 0.0307 e. The summed E-state index contributed by atoms with van der Waals surface area (Å²) in [5, 5.41) is 0. The fourth-order valence-electron chi connectivity index (χ4n) is 2.90. The van der Waals surface area contributed by atoms with Crippen LogP contribution in [0.25, 0.3) is 0 Å². The van der Waals surface area contributed by atoms with Crippen molar-refractivity contribution in [1.29, 1.82) is 0 Å². The van der Waals surface area contributed by atoms with E-state index in [1.165, 1.54) is 5.56 Å². The predicted octanol–water partition coefficient (Wildman–Crippen LogP) is 3.52. The molecule has 20 heavy (non-hydrogen) atoms. The Labute approximate surface area is 130 Å². The number of nitrogens with zero attached hydrogens (tertiary/aromatic N) is 2. The molecule has 1 heterocycles. The van der Waals surface area contributed by atoms with Crippen molar-refractivity contribution in [2.75, 3.05) is 33.2 Å². The van der Waals surface area contributed by atoms with E-state index in [1.807, 2.05) is 12.2 Å².